The molecule has 2 atom stereocenters. The molecule has 0 spiro atoms. The topological polar surface area (TPSA) is 87.8 Å². The van der Waals surface area contributed by atoms with Gasteiger partial charge in [-0.2, -0.15) is 0 Å². The van der Waals surface area contributed by atoms with Gasteiger partial charge in [0.05, 0.1) is 24.5 Å². The SMILES string of the molecule is C[C@H](NC(=O)c1cc(F)cc(CN2C(=O)C[C@@](C)(C3CC3)N=C2N)c1)c1ccccc1. The summed E-state index contributed by atoms with van der Waals surface area (Å²) in [7, 11) is 0. The quantitative estimate of drug-likeness (QED) is 0.747. The maximum absolute atomic E-state index is 14.3. The molecule has 1 aliphatic heterocycles. The zero-order chi connectivity index (χ0) is 22.2. The summed E-state index contributed by atoms with van der Waals surface area (Å²) in [4.78, 5) is 31.4. The van der Waals surface area contributed by atoms with Gasteiger partial charge >= 0.3 is 0 Å². The average Bonchev–Trinajstić information content (AvgIpc) is 3.57. The number of hydrogen-bond acceptors (Lipinski definition) is 4. The van der Waals surface area contributed by atoms with E-state index in [9.17, 15) is 14.0 Å². The minimum atomic E-state index is -0.544. The van der Waals surface area contributed by atoms with Gasteiger partial charge in [-0.05, 0) is 61.9 Å². The van der Waals surface area contributed by atoms with Gasteiger partial charge in [-0.25, -0.2) is 9.38 Å². The third-order valence-electron chi connectivity index (χ3n) is 6.12. The highest BCUT2D eigenvalue weighted by molar-refractivity contribution is 5.99. The lowest BCUT2D eigenvalue weighted by molar-refractivity contribution is -0.130. The Bertz CT molecular complexity index is 1040. The lowest BCUT2D eigenvalue weighted by Crippen LogP contribution is -2.50. The zero-order valence-corrected chi connectivity index (χ0v) is 17.8. The summed E-state index contributed by atoms with van der Waals surface area (Å²) in [5.41, 5.74) is 7.29. The fourth-order valence-electron chi connectivity index (χ4n) is 4.16. The molecule has 6 nitrogen and oxygen atoms in total. The summed E-state index contributed by atoms with van der Waals surface area (Å²) in [6.45, 7) is 3.90. The molecule has 31 heavy (non-hydrogen) atoms. The lowest BCUT2D eigenvalue weighted by Gasteiger charge is -2.35. The van der Waals surface area contributed by atoms with Crippen LogP contribution in [0, 0.1) is 11.7 Å². The minimum Gasteiger partial charge on any atom is -0.369 e. The van der Waals surface area contributed by atoms with Crippen LogP contribution in [0.3, 0.4) is 0 Å². The summed E-state index contributed by atoms with van der Waals surface area (Å²) >= 11 is 0. The van der Waals surface area contributed by atoms with E-state index in [2.05, 4.69) is 10.3 Å². The summed E-state index contributed by atoms with van der Waals surface area (Å²) in [5, 5.41) is 2.88. The Labute approximate surface area is 181 Å². The van der Waals surface area contributed by atoms with E-state index in [1.54, 1.807) is 6.07 Å². The lowest BCUT2D eigenvalue weighted by atomic mass is 9.90. The molecule has 1 saturated carbocycles. The Kier molecular flexibility index (Phi) is 5.52. The summed E-state index contributed by atoms with van der Waals surface area (Å²) in [6, 6.07) is 13.4. The first kappa shape index (κ1) is 21.0. The summed E-state index contributed by atoms with van der Waals surface area (Å²) in [6.07, 6.45) is 2.41. The Morgan fingerprint density at radius 1 is 1.29 bits per heavy atom. The highest BCUT2D eigenvalue weighted by Gasteiger charge is 2.46. The molecule has 4 rings (SSSR count). The number of benzene rings is 2. The standard InChI is InChI=1S/C24H27FN4O2/c1-15(17-6-4-3-5-7-17)27-22(31)18-10-16(11-20(25)12-18)14-29-21(30)13-24(2,19-8-9-19)28-23(29)26/h3-7,10-12,15,19H,8-9,13-14H2,1-2H3,(H2,26,28)(H,27,31)/t15-,24-/m0/s1. The predicted molar refractivity (Wildman–Crippen MR) is 117 cm³/mol. The molecule has 1 aliphatic carbocycles. The van der Waals surface area contributed by atoms with Crippen molar-refractivity contribution in [3.05, 3.63) is 71.0 Å². The number of aliphatic imine (C=N–C) groups is 1. The first-order chi connectivity index (χ1) is 14.7. The normalized spacial score (nSPS) is 22.1. The van der Waals surface area contributed by atoms with E-state index < -0.39 is 11.4 Å². The molecular weight excluding hydrogens is 395 g/mol. The number of carbonyl (C=O) groups excluding carboxylic acids is 2. The maximum atomic E-state index is 14.3. The molecular formula is C24H27FN4O2. The van der Waals surface area contributed by atoms with Gasteiger partial charge in [-0.3, -0.25) is 14.5 Å². The van der Waals surface area contributed by atoms with Crippen molar-refractivity contribution in [2.45, 2.75) is 51.2 Å². The van der Waals surface area contributed by atoms with Crippen molar-refractivity contribution in [3.63, 3.8) is 0 Å². The van der Waals surface area contributed by atoms with Gasteiger partial charge in [-0.1, -0.05) is 30.3 Å². The second kappa shape index (κ2) is 8.13. The zero-order valence-electron chi connectivity index (χ0n) is 17.8. The Balaban J connectivity index is 1.50. The minimum absolute atomic E-state index is 0.0706. The van der Waals surface area contributed by atoms with Crippen LogP contribution in [0.4, 0.5) is 4.39 Å². The highest BCUT2D eigenvalue weighted by atomic mass is 19.1. The van der Waals surface area contributed by atoms with Gasteiger partial charge in [-0.15, -0.1) is 0 Å². The number of amides is 2. The molecule has 0 bridgehead atoms. The van der Waals surface area contributed by atoms with Crippen LogP contribution in [0.25, 0.3) is 0 Å². The Hall–Kier alpha value is -3.22. The summed E-state index contributed by atoms with van der Waals surface area (Å²) in [5.74, 6) is -0.510. The largest absolute Gasteiger partial charge is 0.369 e. The molecule has 0 unspecified atom stereocenters. The number of nitrogens with one attached hydrogen (secondary N) is 1. The molecule has 1 fully saturated rings. The van der Waals surface area contributed by atoms with E-state index in [1.165, 1.54) is 17.0 Å². The Morgan fingerprint density at radius 2 is 2.00 bits per heavy atom. The molecule has 2 aliphatic rings. The van der Waals surface area contributed by atoms with E-state index in [1.807, 2.05) is 44.2 Å². The van der Waals surface area contributed by atoms with Crippen molar-refractivity contribution in [1.29, 1.82) is 0 Å². The van der Waals surface area contributed by atoms with E-state index in [4.69, 9.17) is 5.73 Å². The number of nitrogens with two attached hydrogens (primary N) is 1. The van der Waals surface area contributed by atoms with Crippen molar-refractivity contribution >= 4 is 17.8 Å². The number of halogens is 1. The third kappa shape index (κ3) is 4.60. The van der Waals surface area contributed by atoms with Crippen molar-refractivity contribution < 1.29 is 14.0 Å². The molecule has 162 valence electrons. The number of nitrogens with zero attached hydrogens (tertiary/aromatic N) is 2. The molecule has 7 heteroatoms. The Morgan fingerprint density at radius 3 is 2.65 bits per heavy atom. The van der Waals surface area contributed by atoms with Crippen LogP contribution in [0.15, 0.2) is 53.5 Å². The number of hydrogen-bond donors (Lipinski definition) is 2. The first-order valence-electron chi connectivity index (χ1n) is 10.6. The molecule has 0 radical (unpaired) electrons. The number of guanidine groups is 1. The molecule has 1 heterocycles. The molecule has 2 amide bonds. The van der Waals surface area contributed by atoms with Crippen molar-refractivity contribution in [2.24, 2.45) is 16.6 Å². The van der Waals surface area contributed by atoms with Gasteiger partial charge in [0.2, 0.25) is 5.91 Å². The smallest absolute Gasteiger partial charge is 0.251 e. The first-order valence-corrected chi connectivity index (χ1v) is 10.6. The summed E-state index contributed by atoms with van der Waals surface area (Å²) < 4.78 is 14.3. The highest BCUT2D eigenvalue weighted by Crippen LogP contribution is 2.45. The molecule has 0 saturated heterocycles. The monoisotopic (exact) mass is 422 g/mol. The van der Waals surface area contributed by atoms with Crippen LogP contribution < -0.4 is 11.1 Å². The predicted octanol–water partition coefficient (Wildman–Crippen LogP) is 3.53. The van der Waals surface area contributed by atoms with E-state index in [0.29, 0.717) is 11.5 Å². The van der Waals surface area contributed by atoms with Crippen LogP contribution in [0.1, 0.15) is 60.6 Å². The van der Waals surface area contributed by atoms with E-state index >= 15 is 0 Å². The van der Waals surface area contributed by atoms with E-state index in [0.717, 1.165) is 18.4 Å². The van der Waals surface area contributed by atoms with Crippen molar-refractivity contribution in [1.82, 2.24) is 10.2 Å². The average molecular weight is 423 g/mol. The maximum Gasteiger partial charge on any atom is 0.251 e. The van der Waals surface area contributed by atoms with Crippen molar-refractivity contribution in [3.8, 4) is 0 Å². The van der Waals surface area contributed by atoms with Crippen LogP contribution in [-0.4, -0.2) is 28.2 Å². The molecule has 0 aromatic heterocycles. The third-order valence-corrected chi connectivity index (χ3v) is 6.12. The van der Waals surface area contributed by atoms with Gasteiger partial charge in [0.15, 0.2) is 5.96 Å². The van der Waals surface area contributed by atoms with Crippen LogP contribution >= 0.6 is 0 Å². The fourth-order valence-corrected chi connectivity index (χ4v) is 4.16. The van der Waals surface area contributed by atoms with Crippen LogP contribution in [0.5, 0.6) is 0 Å². The molecule has 2 aromatic carbocycles. The van der Waals surface area contributed by atoms with Crippen LogP contribution in [-0.2, 0) is 11.3 Å². The van der Waals surface area contributed by atoms with Gasteiger partial charge in [0, 0.05) is 5.56 Å². The van der Waals surface area contributed by atoms with Crippen LogP contribution in [0.2, 0.25) is 0 Å². The fraction of sp³-hybridized carbons (Fsp3) is 0.375. The van der Waals surface area contributed by atoms with Gasteiger partial charge in [0.1, 0.15) is 5.82 Å². The van der Waals surface area contributed by atoms with Gasteiger partial charge < -0.3 is 11.1 Å². The number of rotatable bonds is 6. The van der Waals surface area contributed by atoms with Crippen molar-refractivity contribution in [2.75, 3.05) is 0 Å². The number of carbonyl (C=O) groups is 2. The second-order valence-corrected chi connectivity index (χ2v) is 8.71. The second-order valence-electron chi connectivity index (χ2n) is 8.71. The van der Waals surface area contributed by atoms with Gasteiger partial charge in [0.25, 0.3) is 5.91 Å². The van der Waals surface area contributed by atoms with E-state index in [-0.39, 0.29) is 42.3 Å². The molecule has 2 aromatic rings. The molecule has 3 N–H and O–H groups in total.